The number of rotatable bonds is 4. The van der Waals surface area contributed by atoms with Crippen LogP contribution in [0.1, 0.15) is 5.56 Å². The molecule has 6 nitrogen and oxygen atoms in total. The molecular formula is C23H18F3N5O. The summed E-state index contributed by atoms with van der Waals surface area (Å²) in [6.45, 7) is 0. The lowest BCUT2D eigenvalue weighted by atomic mass is 10.0. The monoisotopic (exact) mass is 437 g/mol. The molecule has 2 heterocycles. The molecule has 0 saturated carbocycles. The van der Waals surface area contributed by atoms with Gasteiger partial charge in [-0.25, -0.2) is 4.79 Å². The van der Waals surface area contributed by atoms with Crippen LogP contribution in [0.2, 0.25) is 0 Å². The molecule has 0 spiro atoms. The number of alkyl halides is 3. The Labute approximate surface area is 181 Å². The van der Waals surface area contributed by atoms with Crippen molar-refractivity contribution in [2.75, 3.05) is 10.6 Å². The number of nitrogens with zero attached hydrogens (tertiary/aromatic N) is 3. The topological polar surface area (TPSA) is 71.8 Å². The predicted octanol–water partition coefficient (Wildman–Crippen LogP) is 5.81. The van der Waals surface area contributed by atoms with Crippen molar-refractivity contribution in [3.8, 4) is 22.4 Å². The van der Waals surface area contributed by atoms with E-state index in [1.54, 1.807) is 35.3 Å². The first-order valence-electron chi connectivity index (χ1n) is 9.59. The summed E-state index contributed by atoms with van der Waals surface area (Å²) >= 11 is 0. The van der Waals surface area contributed by atoms with Gasteiger partial charge in [0.05, 0.1) is 5.56 Å². The predicted molar refractivity (Wildman–Crippen MR) is 116 cm³/mol. The molecule has 9 heteroatoms. The van der Waals surface area contributed by atoms with E-state index in [4.69, 9.17) is 0 Å². The van der Waals surface area contributed by atoms with Crippen molar-refractivity contribution in [1.29, 1.82) is 0 Å². The molecule has 2 N–H and O–H groups in total. The maximum absolute atomic E-state index is 12.7. The lowest BCUT2D eigenvalue weighted by Gasteiger charge is -2.11. The van der Waals surface area contributed by atoms with Gasteiger partial charge in [0.15, 0.2) is 0 Å². The molecule has 4 rings (SSSR count). The number of pyridine rings is 1. The summed E-state index contributed by atoms with van der Waals surface area (Å²) in [5, 5.41) is 9.77. The van der Waals surface area contributed by atoms with E-state index in [-0.39, 0.29) is 5.69 Å². The number of aromatic nitrogens is 3. The molecule has 4 aromatic rings. The number of aryl methyl sites for hydroxylation is 1. The van der Waals surface area contributed by atoms with Crippen LogP contribution in [0.25, 0.3) is 22.4 Å². The van der Waals surface area contributed by atoms with Crippen LogP contribution in [-0.4, -0.2) is 20.8 Å². The van der Waals surface area contributed by atoms with Crippen molar-refractivity contribution in [3.63, 3.8) is 0 Å². The van der Waals surface area contributed by atoms with Gasteiger partial charge in [0.25, 0.3) is 0 Å². The molecule has 0 aliphatic rings. The van der Waals surface area contributed by atoms with E-state index in [0.717, 1.165) is 34.5 Å². The van der Waals surface area contributed by atoms with Gasteiger partial charge >= 0.3 is 12.2 Å². The minimum absolute atomic E-state index is 0.247. The molecule has 0 bridgehead atoms. The largest absolute Gasteiger partial charge is 0.416 e. The number of nitrogens with one attached hydrogen (secondary N) is 2. The fraction of sp³-hybridized carbons (Fsp3) is 0.0870. The van der Waals surface area contributed by atoms with Crippen molar-refractivity contribution < 1.29 is 18.0 Å². The number of halogens is 3. The average molecular weight is 437 g/mol. The Hall–Kier alpha value is -4.14. The first-order chi connectivity index (χ1) is 15.3. The molecule has 0 aliphatic heterocycles. The smallest absolute Gasteiger partial charge is 0.308 e. The third-order valence-corrected chi connectivity index (χ3v) is 4.68. The van der Waals surface area contributed by atoms with Crippen LogP contribution in [0.5, 0.6) is 0 Å². The molecule has 0 fully saturated rings. The number of amides is 2. The summed E-state index contributed by atoms with van der Waals surface area (Å²) in [6, 6.07) is 14.6. The standard InChI is InChI=1S/C23H18F3N5O/c1-31-14-20(15-9-11-27-12-10-15)21(30-31)16-3-2-4-19(13-16)29-22(32)28-18-7-5-17(6-8-18)23(24,25)26/h2-14H,1H3,(H2,28,29,32). The first kappa shape index (κ1) is 21.1. The second-order valence-electron chi connectivity index (χ2n) is 7.04. The van der Waals surface area contributed by atoms with Gasteiger partial charge in [-0.05, 0) is 54.1 Å². The van der Waals surface area contributed by atoms with E-state index >= 15 is 0 Å². The minimum Gasteiger partial charge on any atom is -0.308 e. The Bertz CT molecular complexity index is 1230. The van der Waals surface area contributed by atoms with Gasteiger partial charge < -0.3 is 10.6 Å². The fourth-order valence-electron chi connectivity index (χ4n) is 3.22. The highest BCUT2D eigenvalue weighted by Gasteiger charge is 2.30. The van der Waals surface area contributed by atoms with E-state index in [2.05, 4.69) is 20.7 Å². The average Bonchev–Trinajstić information content (AvgIpc) is 3.16. The zero-order chi connectivity index (χ0) is 22.7. The molecule has 32 heavy (non-hydrogen) atoms. The lowest BCUT2D eigenvalue weighted by Crippen LogP contribution is -2.19. The van der Waals surface area contributed by atoms with E-state index in [1.165, 1.54) is 12.1 Å². The van der Waals surface area contributed by atoms with Crippen LogP contribution in [-0.2, 0) is 13.2 Å². The third kappa shape index (κ3) is 4.77. The van der Waals surface area contributed by atoms with Crippen molar-refractivity contribution >= 4 is 17.4 Å². The lowest BCUT2D eigenvalue weighted by molar-refractivity contribution is -0.137. The molecule has 0 aliphatic carbocycles. The number of carbonyl (C=O) groups is 1. The Morgan fingerprint density at radius 3 is 2.28 bits per heavy atom. The van der Waals surface area contributed by atoms with Crippen LogP contribution in [0.3, 0.4) is 0 Å². The normalized spacial score (nSPS) is 11.2. The highest BCUT2D eigenvalue weighted by molar-refractivity contribution is 6.00. The molecule has 0 radical (unpaired) electrons. The van der Waals surface area contributed by atoms with E-state index in [9.17, 15) is 18.0 Å². The van der Waals surface area contributed by atoms with Crippen molar-refractivity contribution in [3.05, 3.63) is 84.8 Å². The van der Waals surface area contributed by atoms with Gasteiger partial charge in [0, 0.05) is 48.1 Å². The molecule has 162 valence electrons. The van der Waals surface area contributed by atoms with Crippen LogP contribution in [0, 0.1) is 0 Å². The molecule has 2 aromatic heterocycles. The fourth-order valence-corrected chi connectivity index (χ4v) is 3.22. The van der Waals surface area contributed by atoms with E-state index < -0.39 is 17.8 Å². The van der Waals surface area contributed by atoms with Crippen LogP contribution in [0.4, 0.5) is 29.3 Å². The molecular weight excluding hydrogens is 419 g/mol. The summed E-state index contributed by atoms with van der Waals surface area (Å²) < 4.78 is 39.7. The number of urea groups is 1. The van der Waals surface area contributed by atoms with Crippen LogP contribution < -0.4 is 10.6 Å². The second-order valence-corrected chi connectivity index (χ2v) is 7.04. The summed E-state index contributed by atoms with van der Waals surface area (Å²) in [5.41, 5.74) is 3.39. The Morgan fingerprint density at radius 1 is 0.906 bits per heavy atom. The Balaban J connectivity index is 1.51. The highest BCUT2D eigenvalue weighted by atomic mass is 19.4. The summed E-state index contributed by atoms with van der Waals surface area (Å²) in [4.78, 5) is 16.4. The molecule has 0 unspecified atom stereocenters. The SMILES string of the molecule is Cn1cc(-c2ccncc2)c(-c2cccc(NC(=O)Nc3ccc(C(F)(F)F)cc3)c2)n1. The molecule has 0 saturated heterocycles. The number of anilines is 2. The van der Waals surface area contributed by atoms with Crippen molar-refractivity contribution in [1.82, 2.24) is 14.8 Å². The second kappa shape index (κ2) is 8.54. The minimum atomic E-state index is -4.43. The van der Waals surface area contributed by atoms with Gasteiger partial charge in [-0.1, -0.05) is 12.1 Å². The molecule has 2 aromatic carbocycles. The van der Waals surface area contributed by atoms with Crippen molar-refractivity contribution in [2.45, 2.75) is 6.18 Å². The van der Waals surface area contributed by atoms with Crippen molar-refractivity contribution in [2.24, 2.45) is 7.05 Å². The summed E-state index contributed by atoms with van der Waals surface area (Å²) in [5.74, 6) is 0. The first-order valence-corrected chi connectivity index (χ1v) is 9.59. The third-order valence-electron chi connectivity index (χ3n) is 4.68. The van der Waals surface area contributed by atoms with E-state index in [0.29, 0.717) is 5.69 Å². The number of carbonyl (C=O) groups excluding carboxylic acids is 1. The van der Waals surface area contributed by atoms with Crippen LogP contribution >= 0.6 is 0 Å². The van der Waals surface area contributed by atoms with Gasteiger partial charge in [-0.3, -0.25) is 9.67 Å². The van der Waals surface area contributed by atoms with Gasteiger partial charge in [0.1, 0.15) is 5.69 Å². The highest BCUT2D eigenvalue weighted by Crippen LogP contribution is 2.32. The maximum Gasteiger partial charge on any atom is 0.416 e. The van der Waals surface area contributed by atoms with Crippen LogP contribution in [0.15, 0.2) is 79.3 Å². The zero-order valence-corrected chi connectivity index (χ0v) is 16.9. The summed E-state index contributed by atoms with van der Waals surface area (Å²) in [7, 11) is 1.83. The molecule has 2 amide bonds. The molecule has 0 atom stereocenters. The van der Waals surface area contributed by atoms with Gasteiger partial charge in [-0.15, -0.1) is 0 Å². The summed E-state index contributed by atoms with van der Waals surface area (Å²) in [6.07, 6.45) is 0.884. The van der Waals surface area contributed by atoms with Gasteiger partial charge in [0.2, 0.25) is 0 Å². The Kier molecular flexibility index (Phi) is 5.63. The number of benzene rings is 2. The van der Waals surface area contributed by atoms with E-state index in [1.807, 2.05) is 31.4 Å². The zero-order valence-electron chi connectivity index (χ0n) is 16.9. The number of hydrogen-bond acceptors (Lipinski definition) is 3. The van der Waals surface area contributed by atoms with Gasteiger partial charge in [-0.2, -0.15) is 18.3 Å². The number of hydrogen-bond donors (Lipinski definition) is 2. The quantitative estimate of drug-likeness (QED) is 0.423. The Morgan fingerprint density at radius 2 is 1.59 bits per heavy atom. The maximum atomic E-state index is 12.7.